The smallest absolute Gasteiger partial charge is 0.0470 e. The molecule has 0 aliphatic heterocycles. The van der Waals surface area contributed by atoms with Gasteiger partial charge in [-0.3, -0.25) is 4.90 Å². The maximum atomic E-state index is 6.04. The van der Waals surface area contributed by atoms with Crippen LogP contribution in [0.1, 0.15) is 23.4 Å². The Morgan fingerprint density at radius 3 is 2.48 bits per heavy atom. The summed E-state index contributed by atoms with van der Waals surface area (Å²) in [5.41, 5.74) is 7.34. The van der Waals surface area contributed by atoms with Gasteiger partial charge in [-0.05, 0) is 55.8 Å². The van der Waals surface area contributed by atoms with Crippen LogP contribution in [0.15, 0.2) is 46.7 Å². The molecule has 0 aliphatic carbocycles. The molecule has 0 bridgehead atoms. The number of nitrogens with zero attached hydrogens (tertiary/aromatic N) is 1. The van der Waals surface area contributed by atoms with E-state index in [0.717, 1.165) is 6.42 Å². The normalized spacial score (nSPS) is 14.3. The molecule has 2 aromatic rings. The molecule has 0 fully saturated rings. The fourth-order valence-corrected chi connectivity index (χ4v) is 3.77. The van der Waals surface area contributed by atoms with Crippen LogP contribution in [0.4, 0.5) is 0 Å². The number of thiophene rings is 1. The summed E-state index contributed by atoms with van der Waals surface area (Å²) in [5.74, 6) is 0. The van der Waals surface area contributed by atoms with Crippen molar-refractivity contribution in [3.8, 4) is 0 Å². The minimum Gasteiger partial charge on any atom is -0.329 e. The Morgan fingerprint density at radius 1 is 1.24 bits per heavy atom. The molecule has 0 spiro atoms. The van der Waals surface area contributed by atoms with Crippen LogP contribution < -0.4 is 5.73 Å². The molecule has 2 rings (SSSR count). The lowest BCUT2D eigenvalue weighted by molar-refractivity contribution is 0.188. The molecular formula is C17H24N2S2. The molecule has 2 unspecified atom stereocenters. The van der Waals surface area contributed by atoms with Crippen molar-refractivity contribution in [3.63, 3.8) is 0 Å². The summed E-state index contributed by atoms with van der Waals surface area (Å²) >= 11 is 3.60. The van der Waals surface area contributed by atoms with Crippen LogP contribution in [-0.2, 0) is 6.42 Å². The van der Waals surface area contributed by atoms with Gasteiger partial charge in [0.25, 0.3) is 0 Å². The summed E-state index contributed by atoms with van der Waals surface area (Å²) < 4.78 is 0. The van der Waals surface area contributed by atoms with E-state index in [2.05, 4.69) is 66.9 Å². The van der Waals surface area contributed by atoms with Crippen LogP contribution in [-0.4, -0.2) is 30.8 Å². The molecule has 4 heteroatoms. The highest BCUT2D eigenvalue weighted by molar-refractivity contribution is 7.98. The SMILES string of the molecule is CSc1ccc(C(CN)N(C)C(C)Cc2cccs2)cc1. The van der Waals surface area contributed by atoms with Crippen LogP contribution in [0.5, 0.6) is 0 Å². The van der Waals surface area contributed by atoms with Crippen LogP contribution in [0.3, 0.4) is 0 Å². The largest absolute Gasteiger partial charge is 0.329 e. The van der Waals surface area contributed by atoms with Crippen molar-refractivity contribution in [1.82, 2.24) is 4.90 Å². The Balaban J connectivity index is 2.07. The summed E-state index contributed by atoms with van der Waals surface area (Å²) in [4.78, 5) is 5.13. The molecular weight excluding hydrogens is 296 g/mol. The standard InChI is InChI=1S/C17H24N2S2/c1-13(11-16-5-4-10-21-16)19(2)17(12-18)14-6-8-15(20-3)9-7-14/h4-10,13,17H,11-12,18H2,1-3H3. The first-order chi connectivity index (χ1) is 10.2. The Labute approximate surface area is 136 Å². The third-order valence-electron chi connectivity index (χ3n) is 3.99. The van der Waals surface area contributed by atoms with E-state index in [1.165, 1.54) is 15.3 Å². The molecule has 0 radical (unpaired) electrons. The fourth-order valence-electron chi connectivity index (χ4n) is 2.53. The molecule has 2 nitrogen and oxygen atoms in total. The minimum atomic E-state index is 0.274. The number of nitrogens with two attached hydrogens (primary N) is 1. The number of rotatable bonds is 7. The van der Waals surface area contributed by atoms with Gasteiger partial charge in [0.1, 0.15) is 0 Å². The average Bonchev–Trinajstić information content (AvgIpc) is 3.01. The molecule has 0 saturated carbocycles. The highest BCUT2D eigenvalue weighted by Crippen LogP contribution is 2.25. The number of likely N-dealkylation sites (N-methyl/N-ethyl adjacent to an activating group) is 1. The number of hydrogen-bond acceptors (Lipinski definition) is 4. The first-order valence-corrected chi connectivity index (χ1v) is 9.34. The lowest BCUT2D eigenvalue weighted by Crippen LogP contribution is -2.38. The average molecular weight is 321 g/mol. The van der Waals surface area contributed by atoms with Crippen LogP contribution in [0, 0.1) is 0 Å². The molecule has 0 amide bonds. The van der Waals surface area contributed by atoms with Crippen LogP contribution >= 0.6 is 23.1 Å². The van der Waals surface area contributed by atoms with Crippen molar-refractivity contribution >= 4 is 23.1 Å². The summed E-state index contributed by atoms with van der Waals surface area (Å²) in [7, 11) is 2.18. The molecule has 114 valence electrons. The van der Waals surface area contributed by atoms with Gasteiger partial charge in [-0.1, -0.05) is 18.2 Å². The van der Waals surface area contributed by atoms with E-state index in [9.17, 15) is 0 Å². The van der Waals surface area contributed by atoms with Crippen molar-refractivity contribution in [2.75, 3.05) is 19.8 Å². The summed E-state index contributed by atoms with van der Waals surface area (Å²) in [6.07, 6.45) is 3.18. The Hall–Kier alpha value is -0.810. The summed E-state index contributed by atoms with van der Waals surface area (Å²) in [6.45, 7) is 2.92. The van der Waals surface area contributed by atoms with Gasteiger partial charge >= 0.3 is 0 Å². The van der Waals surface area contributed by atoms with Gasteiger partial charge in [-0.25, -0.2) is 0 Å². The second-order valence-corrected chi connectivity index (χ2v) is 7.23. The molecule has 2 atom stereocenters. The quantitative estimate of drug-likeness (QED) is 0.781. The number of benzene rings is 1. The highest BCUT2D eigenvalue weighted by atomic mass is 32.2. The highest BCUT2D eigenvalue weighted by Gasteiger charge is 2.20. The van der Waals surface area contributed by atoms with Crippen molar-refractivity contribution in [2.45, 2.75) is 30.3 Å². The molecule has 2 N–H and O–H groups in total. The molecule has 1 aromatic carbocycles. The first kappa shape index (κ1) is 16.6. The topological polar surface area (TPSA) is 29.3 Å². The first-order valence-electron chi connectivity index (χ1n) is 7.24. The third kappa shape index (κ3) is 4.33. The Morgan fingerprint density at radius 2 is 1.95 bits per heavy atom. The second-order valence-electron chi connectivity index (χ2n) is 5.32. The van der Waals surface area contributed by atoms with Gasteiger partial charge in [0, 0.05) is 28.4 Å². The Kier molecular flexibility index (Phi) is 6.30. The van der Waals surface area contributed by atoms with Gasteiger partial charge in [0.05, 0.1) is 0 Å². The predicted molar refractivity (Wildman–Crippen MR) is 95.3 cm³/mol. The monoisotopic (exact) mass is 320 g/mol. The van der Waals surface area contributed by atoms with Crippen molar-refractivity contribution in [1.29, 1.82) is 0 Å². The maximum absolute atomic E-state index is 6.04. The van der Waals surface area contributed by atoms with Crippen molar-refractivity contribution < 1.29 is 0 Å². The second kappa shape index (κ2) is 7.99. The minimum absolute atomic E-state index is 0.274. The molecule has 0 aliphatic rings. The number of hydrogen-bond donors (Lipinski definition) is 1. The third-order valence-corrected chi connectivity index (χ3v) is 5.63. The van der Waals surface area contributed by atoms with Crippen molar-refractivity contribution in [3.05, 3.63) is 52.2 Å². The van der Waals surface area contributed by atoms with Gasteiger partial charge in [-0.15, -0.1) is 23.1 Å². The maximum Gasteiger partial charge on any atom is 0.0470 e. The molecule has 1 heterocycles. The van der Waals surface area contributed by atoms with Gasteiger partial charge in [0.2, 0.25) is 0 Å². The molecule has 21 heavy (non-hydrogen) atoms. The van der Waals surface area contributed by atoms with Crippen LogP contribution in [0.25, 0.3) is 0 Å². The van der Waals surface area contributed by atoms with E-state index >= 15 is 0 Å². The molecule has 1 aromatic heterocycles. The zero-order chi connectivity index (χ0) is 15.2. The fraction of sp³-hybridized carbons (Fsp3) is 0.412. The van der Waals surface area contributed by atoms with E-state index < -0.39 is 0 Å². The zero-order valence-electron chi connectivity index (χ0n) is 13.0. The summed E-state index contributed by atoms with van der Waals surface area (Å²) in [5, 5.41) is 2.14. The summed E-state index contributed by atoms with van der Waals surface area (Å²) in [6, 6.07) is 13.8. The van der Waals surface area contributed by atoms with Crippen molar-refractivity contribution in [2.24, 2.45) is 5.73 Å². The van der Waals surface area contributed by atoms with Crippen LogP contribution in [0.2, 0.25) is 0 Å². The van der Waals surface area contributed by atoms with E-state index in [4.69, 9.17) is 5.73 Å². The zero-order valence-corrected chi connectivity index (χ0v) is 14.6. The van der Waals surface area contributed by atoms with E-state index in [-0.39, 0.29) is 6.04 Å². The Bertz CT molecular complexity index is 522. The lowest BCUT2D eigenvalue weighted by atomic mass is 10.0. The lowest BCUT2D eigenvalue weighted by Gasteiger charge is -2.32. The number of thioether (sulfide) groups is 1. The van der Waals surface area contributed by atoms with Gasteiger partial charge in [0.15, 0.2) is 0 Å². The molecule has 0 saturated heterocycles. The van der Waals surface area contributed by atoms with E-state index in [1.807, 2.05) is 11.3 Å². The van der Waals surface area contributed by atoms with Gasteiger partial charge < -0.3 is 5.73 Å². The van der Waals surface area contributed by atoms with Gasteiger partial charge in [-0.2, -0.15) is 0 Å². The predicted octanol–water partition coefficient (Wildman–Crippen LogP) is 4.03. The van der Waals surface area contributed by atoms with E-state index in [0.29, 0.717) is 12.6 Å². The van der Waals surface area contributed by atoms with E-state index in [1.54, 1.807) is 11.8 Å².